The fourth-order valence-electron chi connectivity index (χ4n) is 3.03. The minimum absolute atomic E-state index is 0.0824. The quantitative estimate of drug-likeness (QED) is 0.396. The van der Waals surface area contributed by atoms with Gasteiger partial charge in [-0.2, -0.15) is 5.26 Å². The Morgan fingerprint density at radius 1 is 1.16 bits per heavy atom. The topological polar surface area (TPSA) is 70.7 Å². The van der Waals surface area contributed by atoms with E-state index in [1.807, 2.05) is 49.4 Å². The van der Waals surface area contributed by atoms with Gasteiger partial charge >= 0.3 is 0 Å². The maximum Gasteiger partial charge on any atom is 0.249 e. The molecule has 5 nitrogen and oxygen atoms in total. The monoisotopic (exact) mass is 430 g/mol. The highest BCUT2D eigenvalue weighted by Crippen LogP contribution is 2.30. The van der Waals surface area contributed by atoms with Crippen molar-refractivity contribution in [1.82, 2.24) is 9.78 Å². The molecule has 1 aromatic heterocycles. The van der Waals surface area contributed by atoms with Crippen LogP contribution in [-0.4, -0.2) is 21.4 Å². The number of benzene rings is 2. The van der Waals surface area contributed by atoms with Gasteiger partial charge in [-0.05, 0) is 40.5 Å². The predicted octanol–water partition coefficient (Wildman–Crippen LogP) is 5.81. The first-order chi connectivity index (χ1) is 14.8. The zero-order valence-corrected chi connectivity index (χ0v) is 19.0. The molecule has 1 N–H and O–H groups in total. The van der Waals surface area contributed by atoms with Crippen LogP contribution in [0.1, 0.15) is 44.4 Å². The summed E-state index contributed by atoms with van der Waals surface area (Å²) in [5.41, 5.74) is 3.46. The van der Waals surface area contributed by atoms with E-state index in [9.17, 15) is 10.1 Å². The summed E-state index contributed by atoms with van der Waals surface area (Å²) in [4.78, 5) is 12.5. The molecule has 0 saturated heterocycles. The van der Waals surface area contributed by atoms with Crippen LogP contribution in [0.4, 0.5) is 5.82 Å². The highest BCUT2D eigenvalue weighted by Gasteiger charge is 2.20. The molecule has 6 heteroatoms. The third-order valence-corrected chi connectivity index (χ3v) is 5.62. The second-order valence-corrected chi connectivity index (χ2v) is 9.27. The molecule has 0 spiro atoms. The average molecular weight is 431 g/mol. The number of nitriles is 1. The molecule has 0 fully saturated rings. The molecule has 3 aromatic rings. The Morgan fingerprint density at radius 3 is 2.42 bits per heavy atom. The van der Waals surface area contributed by atoms with Crippen LogP contribution >= 0.6 is 11.8 Å². The average Bonchev–Trinajstić information content (AvgIpc) is 3.09. The Hall–Kier alpha value is -3.30. The first kappa shape index (κ1) is 22.4. The SMILES string of the molecule is CCSc1c(C#N)c(NC(=O)C=Cc2ccc(C(C)(C)C)cc2)nn1-c1ccccc1. The Morgan fingerprint density at radius 2 is 1.84 bits per heavy atom. The molecule has 158 valence electrons. The van der Waals surface area contributed by atoms with Gasteiger partial charge in [-0.15, -0.1) is 16.9 Å². The normalized spacial score (nSPS) is 11.5. The number of hydrogen-bond donors (Lipinski definition) is 1. The minimum Gasteiger partial charge on any atom is -0.304 e. The fourth-order valence-corrected chi connectivity index (χ4v) is 3.86. The largest absolute Gasteiger partial charge is 0.304 e. The van der Waals surface area contributed by atoms with Gasteiger partial charge in [0.15, 0.2) is 5.82 Å². The summed E-state index contributed by atoms with van der Waals surface area (Å²) < 4.78 is 1.71. The molecule has 0 bridgehead atoms. The molecule has 0 aliphatic carbocycles. The second-order valence-electron chi connectivity index (χ2n) is 8.02. The number of aromatic nitrogens is 2. The lowest BCUT2D eigenvalue weighted by atomic mass is 9.87. The molecular formula is C25H26N4OS. The van der Waals surface area contributed by atoms with Gasteiger partial charge in [-0.1, -0.05) is 70.2 Å². The summed E-state index contributed by atoms with van der Waals surface area (Å²) in [6, 6.07) is 19.9. The summed E-state index contributed by atoms with van der Waals surface area (Å²) in [6.07, 6.45) is 3.21. The van der Waals surface area contributed by atoms with E-state index in [1.165, 1.54) is 23.4 Å². The van der Waals surface area contributed by atoms with E-state index in [0.717, 1.165) is 17.0 Å². The number of carbonyl (C=O) groups excluding carboxylic acids is 1. The number of para-hydroxylation sites is 1. The van der Waals surface area contributed by atoms with E-state index in [1.54, 1.807) is 10.8 Å². The van der Waals surface area contributed by atoms with Crippen LogP contribution in [-0.2, 0) is 10.2 Å². The van der Waals surface area contributed by atoms with Crippen molar-refractivity contribution in [3.63, 3.8) is 0 Å². The number of rotatable bonds is 6. The minimum atomic E-state index is -0.331. The maximum absolute atomic E-state index is 12.5. The first-order valence-corrected chi connectivity index (χ1v) is 11.1. The third-order valence-electron chi connectivity index (χ3n) is 4.68. The Balaban J connectivity index is 1.82. The standard InChI is InChI=1S/C25H26N4OS/c1-5-31-24-21(17-26)23(28-29(24)20-9-7-6-8-10-20)27-22(30)16-13-18-11-14-19(15-12-18)25(2,3)4/h6-16H,5H2,1-4H3,(H,27,28,30). The molecule has 31 heavy (non-hydrogen) atoms. The van der Waals surface area contributed by atoms with Crippen molar-refractivity contribution in [1.29, 1.82) is 5.26 Å². The lowest BCUT2D eigenvalue weighted by Gasteiger charge is -2.18. The van der Waals surface area contributed by atoms with Gasteiger partial charge in [0.05, 0.1) is 5.69 Å². The van der Waals surface area contributed by atoms with Gasteiger partial charge in [-0.3, -0.25) is 4.79 Å². The number of carbonyl (C=O) groups is 1. The molecule has 0 aliphatic heterocycles. The van der Waals surface area contributed by atoms with Crippen LogP contribution in [0.25, 0.3) is 11.8 Å². The summed E-state index contributed by atoms with van der Waals surface area (Å²) in [7, 11) is 0. The fraction of sp³-hybridized carbons (Fsp3) is 0.240. The number of anilines is 1. The second kappa shape index (κ2) is 9.67. The van der Waals surface area contributed by atoms with Gasteiger partial charge in [0.2, 0.25) is 5.91 Å². The molecule has 0 atom stereocenters. The number of amides is 1. The molecule has 0 unspecified atom stereocenters. The lowest BCUT2D eigenvalue weighted by Crippen LogP contribution is -2.10. The van der Waals surface area contributed by atoms with E-state index >= 15 is 0 Å². The summed E-state index contributed by atoms with van der Waals surface area (Å²) in [5.74, 6) is 0.715. The Labute approximate surface area is 187 Å². The van der Waals surface area contributed by atoms with Crippen molar-refractivity contribution in [3.05, 3.63) is 77.4 Å². The van der Waals surface area contributed by atoms with Crippen LogP contribution < -0.4 is 5.32 Å². The first-order valence-electron chi connectivity index (χ1n) is 10.1. The van der Waals surface area contributed by atoms with Crippen molar-refractivity contribution in [2.75, 3.05) is 11.1 Å². The van der Waals surface area contributed by atoms with Gasteiger partial charge in [0.25, 0.3) is 0 Å². The summed E-state index contributed by atoms with van der Waals surface area (Å²) in [5, 5.41) is 17.7. The van der Waals surface area contributed by atoms with E-state index in [-0.39, 0.29) is 17.1 Å². The number of thioether (sulfide) groups is 1. The summed E-state index contributed by atoms with van der Waals surface area (Å²) in [6.45, 7) is 8.51. The maximum atomic E-state index is 12.5. The molecule has 0 radical (unpaired) electrons. The van der Waals surface area contributed by atoms with Crippen LogP contribution in [0.2, 0.25) is 0 Å². The summed E-state index contributed by atoms with van der Waals surface area (Å²) >= 11 is 1.52. The predicted molar refractivity (Wildman–Crippen MR) is 127 cm³/mol. The van der Waals surface area contributed by atoms with Crippen molar-refractivity contribution in [2.24, 2.45) is 0 Å². The molecule has 1 heterocycles. The van der Waals surface area contributed by atoms with Crippen molar-refractivity contribution < 1.29 is 4.79 Å². The number of nitrogens with one attached hydrogen (secondary N) is 1. The van der Waals surface area contributed by atoms with E-state index in [4.69, 9.17) is 0 Å². The van der Waals surface area contributed by atoms with E-state index < -0.39 is 0 Å². The highest BCUT2D eigenvalue weighted by atomic mass is 32.2. The zero-order valence-electron chi connectivity index (χ0n) is 18.2. The van der Waals surface area contributed by atoms with Gasteiger partial charge in [-0.25, -0.2) is 4.68 Å². The molecule has 1 amide bonds. The zero-order chi connectivity index (χ0) is 22.4. The third kappa shape index (κ3) is 5.44. The highest BCUT2D eigenvalue weighted by molar-refractivity contribution is 7.99. The Bertz CT molecular complexity index is 1120. The van der Waals surface area contributed by atoms with Crippen molar-refractivity contribution in [2.45, 2.75) is 38.1 Å². The van der Waals surface area contributed by atoms with Crippen LogP contribution in [0.15, 0.2) is 65.7 Å². The number of hydrogen-bond acceptors (Lipinski definition) is 4. The van der Waals surface area contributed by atoms with E-state index in [0.29, 0.717) is 10.6 Å². The van der Waals surface area contributed by atoms with Crippen LogP contribution in [0.5, 0.6) is 0 Å². The van der Waals surface area contributed by atoms with Crippen molar-refractivity contribution in [3.8, 4) is 11.8 Å². The smallest absolute Gasteiger partial charge is 0.249 e. The van der Waals surface area contributed by atoms with Crippen molar-refractivity contribution >= 4 is 29.6 Å². The van der Waals surface area contributed by atoms with Gasteiger partial charge in [0.1, 0.15) is 16.7 Å². The van der Waals surface area contributed by atoms with Crippen LogP contribution in [0, 0.1) is 11.3 Å². The molecule has 0 aliphatic rings. The van der Waals surface area contributed by atoms with Crippen LogP contribution in [0.3, 0.4) is 0 Å². The Kier molecular flexibility index (Phi) is 6.98. The van der Waals surface area contributed by atoms with Gasteiger partial charge in [0, 0.05) is 6.08 Å². The van der Waals surface area contributed by atoms with Gasteiger partial charge < -0.3 is 5.32 Å². The molecule has 0 saturated carbocycles. The lowest BCUT2D eigenvalue weighted by molar-refractivity contribution is -0.111. The molecular weight excluding hydrogens is 404 g/mol. The van der Waals surface area contributed by atoms with E-state index in [2.05, 4.69) is 49.4 Å². The number of nitrogens with zero attached hydrogens (tertiary/aromatic N) is 3. The molecule has 3 rings (SSSR count). The molecule has 2 aromatic carbocycles.